The van der Waals surface area contributed by atoms with E-state index in [1.807, 2.05) is 48.5 Å². The summed E-state index contributed by atoms with van der Waals surface area (Å²) in [5, 5.41) is 9.22. The second kappa shape index (κ2) is 9.54. The predicted octanol–water partition coefficient (Wildman–Crippen LogP) is 4.57. The molecule has 1 amide bonds. The van der Waals surface area contributed by atoms with Crippen molar-refractivity contribution in [1.82, 2.24) is 25.1 Å². The van der Waals surface area contributed by atoms with Crippen molar-refractivity contribution in [1.29, 1.82) is 0 Å². The lowest BCUT2D eigenvalue weighted by molar-refractivity contribution is -0.119. The molecular weight excluding hydrogens is 394 g/mol. The molecule has 0 fully saturated rings. The van der Waals surface area contributed by atoms with Crippen LogP contribution in [0.25, 0.3) is 16.7 Å². The SMILES string of the molecule is CCC[C@H](NC(=O)CSc1ncnc2c1cnn2-c1ccccc1)c1ccccc1. The van der Waals surface area contributed by atoms with Crippen LogP contribution in [0.15, 0.2) is 78.2 Å². The number of nitrogens with one attached hydrogen (secondary N) is 1. The first-order chi connectivity index (χ1) is 14.8. The van der Waals surface area contributed by atoms with Gasteiger partial charge in [-0.3, -0.25) is 4.79 Å². The number of benzene rings is 2. The summed E-state index contributed by atoms with van der Waals surface area (Å²) in [6.45, 7) is 2.12. The Morgan fingerprint density at radius 2 is 1.80 bits per heavy atom. The van der Waals surface area contributed by atoms with E-state index in [9.17, 15) is 4.79 Å². The first kappa shape index (κ1) is 20.1. The molecule has 0 bridgehead atoms. The van der Waals surface area contributed by atoms with Gasteiger partial charge in [0.25, 0.3) is 0 Å². The maximum atomic E-state index is 12.6. The summed E-state index contributed by atoms with van der Waals surface area (Å²) in [5.41, 5.74) is 2.80. The average molecular weight is 418 g/mol. The van der Waals surface area contributed by atoms with Crippen molar-refractivity contribution in [3.63, 3.8) is 0 Å². The fraction of sp³-hybridized carbons (Fsp3) is 0.217. The average Bonchev–Trinajstić information content (AvgIpc) is 3.23. The molecule has 2 heterocycles. The lowest BCUT2D eigenvalue weighted by Gasteiger charge is -2.18. The molecule has 6 nitrogen and oxygen atoms in total. The quantitative estimate of drug-likeness (QED) is 0.336. The number of fused-ring (bicyclic) bond motifs is 1. The molecule has 0 saturated heterocycles. The van der Waals surface area contributed by atoms with Gasteiger partial charge in [0.2, 0.25) is 5.91 Å². The summed E-state index contributed by atoms with van der Waals surface area (Å²) in [7, 11) is 0. The van der Waals surface area contributed by atoms with Gasteiger partial charge >= 0.3 is 0 Å². The minimum Gasteiger partial charge on any atom is -0.349 e. The molecule has 1 atom stereocenters. The van der Waals surface area contributed by atoms with Crippen LogP contribution in [-0.2, 0) is 4.79 Å². The maximum absolute atomic E-state index is 12.6. The van der Waals surface area contributed by atoms with Crippen molar-refractivity contribution < 1.29 is 4.79 Å². The summed E-state index contributed by atoms with van der Waals surface area (Å²) in [4.78, 5) is 21.4. The van der Waals surface area contributed by atoms with E-state index in [1.165, 1.54) is 18.1 Å². The highest BCUT2D eigenvalue weighted by Crippen LogP contribution is 2.26. The lowest BCUT2D eigenvalue weighted by atomic mass is 10.0. The number of amides is 1. The van der Waals surface area contributed by atoms with Crippen LogP contribution in [0, 0.1) is 0 Å². The summed E-state index contributed by atoms with van der Waals surface area (Å²) < 4.78 is 1.79. The molecule has 1 N–H and O–H groups in total. The van der Waals surface area contributed by atoms with Gasteiger partial charge in [-0.2, -0.15) is 5.10 Å². The zero-order valence-electron chi connectivity index (χ0n) is 16.7. The molecule has 4 aromatic rings. The molecule has 0 aliphatic heterocycles. The largest absolute Gasteiger partial charge is 0.349 e. The van der Waals surface area contributed by atoms with Gasteiger partial charge in [0, 0.05) is 0 Å². The van der Waals surface area contributed by atoms with E-state index in [0.29, 0.717) is 0 Å². The van der Waals surface area contributed by atoms with Crippen LogP contribution >= 0.6 is 11.8 Å². The Hall–Kier alpha value is -3.19. The number of aromatic nitrogens is 4. The van der Waals surface area contributed by atoms with E-state index in [2.05, 4.69) is 39.4 Å². The fourth-order valence-corrected chi connectivity index (χ4v) is 4.13. The van der Waals surface area contributed by atoms with Crippen LogP contribution in [0.5, 0.6) is 0 Å². The normalized spacial score (nSPS) is 12.0. The summed E-state index contributed by atoms with van der Waals surface area (Å²) >= 11 is 1.41. The van der Waals surface area contributed by atoms with Gasteiger partial charge in [-0.1, -0.05) is 73.6 Å². The van der Waals surface area contributed by atoms with Gasteiger partial charge < -0.3 is 5.32 Å². The molecular formula is C23H23N5OS. The standard InChI is InChI=1S/C23H23N5OS/c1-2-9-20(17-10-5-3-6-11-17)27-21(29)15-30-23-19-14-26-28(22(19)24-16-25-23)18-12-7-4-8-13-18/h3-8,10-14,16,20H,2,9,15H2,1H3,(H,27,29)/t20-/m0/s1. The smallest absolute Gasteiger partial charge is 0.230 e. The van der Waals surface area contributed by atoms with E-state index in [4.69, 9.17) is 0 Å². The van der Waals surface area contributed by atoms with Gasteiger partial charge in [0.05, 0.1) is 29.1 Å². The van der Waals surface area contributed by atoms with E-state index in [1.54, 1.807) is 10.9 Å². The number of rotatable bonds is 8. The Kier molecular flexibility index (Phi) is 6.39. The van der Waals surface area contributed by atoms with Crippen LogP contribution in [0.1, 0.15) is 31.4 Å². The van der Waals surface area contributed by atoms with Crippen molar-refractivity contribution in [3.05, 3.63) is 78.8 Å². The number of hydrogen-bond acceptors (Lipinski definition) is 5. The Morgan fingerprint density at radius 3 is 2.53 bits per heavy atom. The Morgan fingerprint density at radius 1 is 1.07 bits per heavy atom. The highest BCUT2D eigenvalue weighted by Gasteiger charge is 2.16. The summed E-state index contributed by atoms with van der Waals surface area (Å²) in [6.07, 6.45) is 5.18. The summed E-state index contributed by atoms with van der Waals surface area (Å²) in [5.74, 6) is 0.278. The highest BCUT2D eigenvalue weighted by atomic mass is 32.2. The number of carbonyl (C=O) groups excluding carboxylic acids is 1. The third kappa shape index (κ3) is 4.52. The molecule has 152 valence electrons. The predicted molar refractivity (Wildman–Crippen MR) is 120 cm³/mol. The zero-order valence-corrected chi connectivity index (χ0v) is 17.5. The monoisotopic (exact) mass is 417 g/mol. The van der Waals surface area contributed by atoms with E-state index in [0.717, 1.165) is 40.2 Å². The van der Waals surface area contributed by atoms with Gasteiger partial charge in [-0.25, -0.2) is 14.6 Å². The Balaban J connectivity index is 1.47. The minimum absolute atomic E-state index is 0.00971. The van der Waals surface area contributed by atoms with Crippen molar-refractivity contribution >= 4 is 28.7 Å². The van der Waals surface area contributed by atoms with Gasteiger partial charge in [-0.05, 0) is 24.1 Å². The van der Waals surface area contributed by atoms with Crippen LogP contribution in [0.3, 0.4) is 0 Å². The van der Waals surface area contributed by atoms with Crippen molar-refractivity contribution in [3.8, 4) is 5.69 Å². The van der Waals surface area contributed by atoms with Crippen molar-refractivity contribution in [2.45, 2.75) is 30.8 Å². The molecule has 7 heteroatoms. The first-order valence-electron chi connectivity index (χ1n) is 9.97. The second-order valence-electron chi connectivity index (χ2n) is 6.92. The van der Waals surface area contributed by atoms with Crippen molar-refractivity contribution in [2.75, 3.05) is 5.75 Å². The van der Waals surface area contributed by atoms with Crippen LogP contribution in [-0.4, -0.2) is 31.4 Å². The highest BCUT2D eigenvalue weighted by molar-refractivity contribution is 8.00. The Bertz CT molecular complexity index is 1110. The van der Waals surface area contributed by atoms with E-state index in [-0.39, 0.29) is 17.7 Å². The van der Waals surface area contributed by atoms with E-state index < -0.39 is 0 Å². The third-order valence-corrected chi connectivity index (χ3v) is 5.79. The lowest BCUT2D eigenvalue weighted by Crippen LogP contribution is -2.29. The second-order valence-corrected chi connectivity index (χ2v) is 7.88. The molecule has 4 rings (SSSR count). The fourth-order valence-electron chi connectivity index (χ4n) is 3.36. The van der Waals surface area contributed by atoms with Gasteiger partial charge in [0.15, 0.2) is 5.65 Å². The topological polar surface area (TPSA) is 72.7 Å². The third-order valence-electron chi connectivity index (χ3n) is 4.78. The van der Waals surface area contributed by atoms with Crippen LogP contribution < -0.4 is 5.32 Å². The molecule has 0 radical (unpaired) electrons. The van der Waals surface area contributed by atoms with Gasteiger partial charge in [-0.15, -0.1) is 0 Å². The molecule has 0 aliphatic carbocycles. The molecule has 2 aromatic carbocycles. The van der Waals surface area contributed by atoms with Crippen molar-refractivity contribution in [2.24, 2.45) is 0 Å². The number of nitrogens with zero attached hydrogens (tertiary/aromatic N) is 4. The zero-order chi connectivity index (χ0) is 20.8. The first-order valence-corrected chi connectivity index (χ1v) is 11.0. The van der Waals surface area contributed by atoms with Crippen LogP contribution in [0.2, 0.25) is 0 Å². The van der Waals surface area contributed by atoms with Crippen LogP contribution in [0.4, 0.5) is 0 Å². The molecule has 0 unspecified atom stereocenters. The molecule has 0 spiro atoms. The molecule has 2 aromatic heterocycles. The number of thioether (sulfide) groups is 1. The summed E-state index contributed by atoms with van der Waals surface area (Å²) in [6, 6.07) is 20.0. The molecule has 30 heavy (non-hydrogen) atoms. The Labute approximate surface area is 179 Å². The molecule has 0 aliphatic rings. The minimum atomic E-state index is -0.00971. The maximum Gasteiger partial charge on any atom is 0.230 e. The number of para-hydroxylation sites is 1. The number of hydrogen-bond donors (Lipinski definition) is 1. The van der Waals surface area contributed by atoms with E-state index >= 15 is 0 Å². The molecule has 0 saturated carbocycles. The number of carbonyl (C=O) groups is 1. The van der Waals surface area contributed by atoms with Gasteiger partial charge in [0.1, 0.15) is 11.4 Å².